The fraction of sp³-hybridized carbons (Fsp3) is 0.222. The van der Waals surface area contributed by atoms with Gasteiger partial charge in [0, 0.05) is 24.7 Å². The van der Waals surface area contributed by atoms with Gasteiger partial charge in [-0.1, -0.05) is 0 Å². The first kappa shape index (κ1) is 15.9. The van der Waals surface area contributed by atoms with Crippen LogP contribution in [0.2, 0.25) is 0 Å². The minimum atomic E-state index is -0.524. The van der Waals surface area contributed by atoms with Crippen LogP contribution in [0.15, 0.2) is 47.1 Å². The number of carbonyl (C=O) groups excluding carboxylic acids is 2. The molecule has 1 aromatic carbocycles. The molecule has 3 N–H and O–H groups in total. The highest BCUT2D eigenvalue weighted by molar-refractivity contribution is 6.05. The van der Waals surface area contributed by atoms with Gasteiger partial charge in [-0.2, -0.15) is 0 Å². The van der Waals surface area contributed by atoms with Crippen LogP contribution in [0.5, 0.6) is 0 Å². The number of hydrogen-bond donors (Lipinski definition) is 2. The van der Waals surface area contributed by atoms with Crippen LogP contribution in [0.3, 0.4) is 0 Å². The molecule has 0 radical (unpaired) electrons. The van der Waals surface area contributed by atoms with E-state index in [-0.39, 0.29) is 5.91 Å². The smallest absolute Gasteiger partial charge is 0.248 e. The van der Waals surface area contributed by atoms with Crippen molar-refractivity contribution in [3.63, 3.8) is 0 Å². The number of primary amides is 1. The lowest BCUT2D eigenvalue weighted by Crippen LogP contribution is -2.21. The highest BCUT2D eigenvalue weighted by atomic mass is 16.3. The van der Waals surface area contributed by atoms with Crippen LogP contribution < -0.4 is 16.0 Å². The van der Waals surface area contributed by atoms with Gasteiger partial charge >= 0.3 is 0 Å². The monoisotopic (exact) mass is 325 g/mol. The van der Waals surface area contributed by atoms with Gasteiger partial charge in [0.25, 0.3) is 0 Å². The van der Waals surface area contributed by atoms with Crippen molar-refractivity contribution in [1.82, 2.24) is 0 Å². The van der Waals surface area contributed by atoms with E-state index in [1.165, 1.54) is 6.08 Å². The molecule has 2 heterocycles. The second-order valence-electron chi connectivity index (χ2n) is 5.63. The fourth-order valence-corrected chi connectivity index (χ4v) is 2.74. The zero-order valence-corrected chi connectivity index (χ0v) is 13.2. The van der Waals surface area contributed by atoms with Crippen LogP contribution in [0, 0.1) is 0 Å². The molecule has 0 saturated carbocycles. The number of anilines is 2. The molecule has 1 aromatic heterocycles. The Morgan fingerprint density at radius 3 is 2.67 bits per heavy atom. The third-order valence-electron chi connectivity index (χ3n) is 3.93. The average molecular weight is 325 g/mol. The van der Waals surface area contributed by atoms with Gasteiger partial charge in [0.1, 0.15) is 5.76 Å². The van der Waals surface area contributed by atoms with Gasteiger partial charge in [0.2, 0.25) is 11.8 Å². The highest BCUT2D eigenvalue weighted by Gasteiger charge is 2.18. The SMILES string of the molecule is NC(=O)c1ccc(N2CCCC2)c(NC(=O)/C=C/c2ccco2)c1. The van der Waals surface area contributed by atoms with Crippen molar-refractivity contribution in [2.45, 2.75) is 12.8 Å². The van der Waals surface area contributed by atoms with E-state index in [1.54, 1.807) is 36.6 Å². The molecule has 1 saturated heterocycles. The van der Waals surface area contributed by atoms with Crippen LogP contribution in [0.25, 0.3) is 6.08 Å². The van der Waals surface area contributed by atoms with Gasteiger partial charge < -0.3 is 20.4 Å². The summed E-state index contributed by atoms with van der Waals surface area (Å²) in [6.07, 6.45) is 6.75. The predicted octanol–water partition coefficient (Wildman–Crippen LogP) is 2.63. The number of nitrogens with one attached hydrogen (secondary N) is 1. The zero-order valence-electron chi connectivity index (χ0n) is 13.2. The van der Waals surface area contributed by atoms with E-state index in [2.05, 4.69) is 10.2 Å². The Kier molecular flexibility index (Phi) is 4.65. The van der Waals surface area contributed by atoms with Crippen LogP contribution in [-0.2, 0) is 4.79 Å². The van der Waals surface area contributed by atoms with Gasteiger partial charge in [0.15, 0.2) is 0 Å². The largest absolute Gasteiger partial charge is 0.465 e. The van der Waals surface area contributed by atoms with Crippen molar-refractivity contribution in [2.75, 3.05) is 23.3 Å². The van der Waals surface area contributed by atoms with E-state index in [0.29, 0.717) is 17.0 Å². The summed E-state index contributed by atoms with van der Waals surface area (Å²) in [4.78, 5) is 25.8. The molecular weight excluding hydrogens is 306 g/mol. The first-order valence-electron chi connectivity index (χ1n) is 7.85. The lowest BCUT2D eigenvalue weighted by Gasteiger charge is -2.21. The summed E-state index contributed by atoms with van der Waals surface area (Å²) in [5, 5.41) is 2.83. The molecule has 24 heavy (non-hydrogen) atoms. The number of rotatable bonds is 5. The van der Waals surface area contributed by atoms with E-state index in [4.69, 9.17) is 10.2 Å². The maximum absolute atomic E-state index is 12.2. The summed E-state index contributed by atoms with van der Waals surface area (Å²) in [7, 11) is 0. The number of carbonyl (C=O) groups is 2. The van der Waals surface area contributed by atoms with Crippen LogP contribution in [0.1, 0.15) is 29.0 Å². The molecule has 0 bridgehead atoms. The lowest BCUT2D eigenvalue weighted by atomic mass is 10.1. The summed E-state index contributed by atoms with van der Waals surface area (Å²) in [6, 6.07) is 8.64. The molecule has 0 aliphatic carbocycles. The second-order valence-corrected chi connectivity index (χ2v) is 5.63. The number of hydrogen-bond acceptors (Lipinski definition) is 4. The van der Waals surface area contributed by atoms with Crippen molar-refractivity contribution in [1.29, 1.82) is 0 Å². The molecule has 1 fully saturated rings. The number of amides is 2. The molecule has 6 heteroatoms. The van der Waals surface area contributed by atoms with Crippen molar-refractivity contribution in [3.8, 4) is 0 Å². The van der Waals surface area contributed by atoms with E-state index < -0.39 is 5.91 Å². The average Bonchev–Trinajstić information content (AvgIpc) is 3.26. The molecule has 124 valence electrons. The molecule has 0 spiro atoms. The Labute approximate surface area is 139 Å². The van der Waals surface area contributed by atoms with Crippen molar-refractivity contribution >= 4 is 29.3 Å². The second kappa shape index (κ2) is 7.04. The maximum Gasteiger partial charge on any atom is 0.248 e. The first-order chi connectivity index (χ1) is 11.6. The third kappa shape index (κ3) is 3.65. The van der Waals surface area contributed by atoms with Crippen molar-refractivity contribution in [3.05, 3.63) is 54.0 Å². The number of nitrogens with zero attached hydrogens (tertiary/aromatic N) is 1. The minimum Gasteiger partial charge on any atom is -0.465 e. The van der Waals surface area contributed by atoms with Gasteiger partial charge in [-0.05, 0) is 49.2 Å². The fourth-order valence-electron chi connectivity index (χ4n) is 2.74. The van der Waals surface area contributed by atoms with E-state index in [9.17, 15) is 9.59 Å². The summed E-state index contributed by atoms with van der Waals surface area (Å²) in [5.41, 5.74) is 7.20. The Balaban J connectivity index is 1.82. The van der Waals surface area contributed by atoms with Gasteiger partial charge in [-0.3, -0.25) is 9.59 Å². The summed E-state index contributed by atoms with van der Waals surface area (Å²) >= 11 is 0. The van der Waals surface area contributed by atoms with E-state index in [1.807, 2.05) is 6.07 Å². The van der Waals surface area contributed by atoms with Gasteiger partial charge in [0.05, 0.1) is 17.6 Å². The minimum absolute atomic E-state index is 0.298. The molecule has 3 rings (SSSR count). The van der Waals surface area contributed by atoms with Crippen LogP contribution in [0.4, 0.5) is 11.4 Å². The molecule has 2 amide bonds. The van der Waals surface area contributed by atoms with Crippen molar-refractivity contribution in [2.24, 2.45) is 5.73 Å². The summed E-state index contributed by atoms with van der Waals surface area (Å²) in [5.74, 6) is -0.228. The van der Waals surface area contributed by atoms with Crippen LogP contribution in [-0.4, -0.2) is 24.9 Å². The van der Waals surface area contributed by atoms with Crippen molar-refractivity contribution < 1.29 is 14.0 Å². The quantitative estimate of drug-likeness (QED) is 0.827. The summed E-state index contributed by atoms with van der Waals surface area (Å²) < 4.78 is 5.15. The third-order valence-corrected chi connectivity index (χ3v) is 3.93. The Morgan fingerprint density at radius 2 is 2.00 bits per heavy atom. The maximum atomic E-state index is 12.2. The van der Waals surface area contributed by atoms with E-state index >= 15 is 0 Å². The Hall–Kier alpha value is -3.02. The van der Waals surface area contributed by atoms with Crippen LogP contribution >= 0.6 is 0 Å². The first-order valence-corrected chi connectivity index (χ1v) is 7.85. The molecular formula is C18H19N3O3. The normalized spacial score (nSPS) is 14.2. The molecule has 0 unspecified atom stereocenters. The highest BCUT2D eigenvalue weighted by Crippen LogP contribution is 2.30. The zero-order chi connectivity index (χ0) is 16.9. The molecule has 0 atom stereocenters. The number of nitrogens with two attached hydrogens (primary N) is 1. The lowest BCUT2D eigenvalue weighted by molar-refractivity contribution is -0.111. The molecule has 6 nitrogen and oxygen atoms in total. The standard InChI is InChI=1S/C18H19N3O3/c19-18(23)13-5-7-16(21-9-1-2-10-21)15(12-13)20-17(22)8-6-14-4-3-11-24-14/h3-8,11-12H,1-2,9-10H2,(H2,19,23)(H,20,22)/b8-6+. The molecule has 1 aliphatic heterocycles. The van der Waals surface area contributed by atoms with Gasteiger partial charge in [-0.15, -0.1) is 0 Å². The summed E-state index contributed by atoms with van der Waals surface area (Å²) in [6.45, 7) is 1.86. The van der Waals surface area contributed by atoms with Gasteiger partial charge in [-0.25, -0.2) is 0 Å². The number of furan rings is 1. The molecule has 1 aliphatic rings. The molecule has 2 aromatic rings. The van der Waals surface area contributed by atoms with E-state index in [0.717, 1.165) is 31.6 Å². The Morgan fingerprint density at radius 1 is 1.21 bits per heavy atom. The number of benzene rings is 1. The topological polar surface area (TPSA) is 88.6 Å². The Bertz CT molecular complexity index is 760. The predicted molar refractivity (Wildman–Crippen MR) is 92.8 cm³/mol.